The van der Waals surface area contributed by atoms with E-state index in [9.17, 15) is 13.6 Å². The van der Waals surface area contributed by atoms with E-state index in [1.807, 2.05) is 0 Å². The van der Waals surface area contributed by atoms with Gasteiger partial charge in [0.1, 0.15) is 5.75 Å². The number of rotatable bonds is 7. The largest absolute Gasteiger partial charge is 0.496 e. The summed E-state index contributed by atoms with van der Waals surface area (Å²) in [5, 5.41) is 0. The number of hydrogen-bond acceptors (Lipinski definition) is 6. The molecule has 8 heteroatoms. The average Bonchev–Trinajstić information content (AvgIpc) is 3.04. The van der Waals surface area contributed by atoms with Crippen LogP contribution in [0.2, 0.25) is 0 Å². The van der Waals surface area contributed by atoms with Crippen LogP contribution in [-0.4, -0.2) is 32.2 Å². The second kappa shape index (κ2) is 8.51. The molecular formula is C20H17F2NO5. The Morgan fingerprint density at radius 1 is 1.14 bits per heavy atom. The number of hydrogen-bond donors (Lipinski definition) is 0. The molecule has 0 saturated carbocycles. The van der Waals surface area contributed by atoms with Gasteiger partial charge in [-0.1, -0.05) is 18.2 Å². The zero-order valence-electron chi connectivity index (χ0n) is 15.1. The van der Waals surface area contributed by atoms with Crippen molar-refractivity contribution in [3.8, 4) is 17.2 Å². The Morgan fingerprint density at radius 2 is 1.93 bits per heavy atom. The molecule has 2 aromatic carbocycles. The molecule has 0 bridgehead atoms. The average molecular weight is 389 g/mol. The van der Waals surface area contributed by atoms with Crippen molar-refractivity contribution in [1.29, 1.82) is 0 Å². The number of nitrogens with zero attached hydrogens (tertiary/aromatic N) is 1. The second-order valence-electron chi connectivity index (χ2n) is 5.55. The summed E-state index contributed by atoms with van der Waals surface area (Å²) >= 11 is 0. The van der Waals surface area contributed by atoms with Crippen LogP contribution < -0.4 is 14.2 Å². The number of carbonyl (C=O) groups is 1. The van der Waals surface area contributed by atoms with Crippen LogP contribution in [0.25, 0.3) is 6.08 Å². The number of halogens is 2. The number of carbonyl (C=O) groups excluding carboxylic acids is 1. The highest BCUT2D eigenvalue weighted by Crippen LogP contribution is 2.31. The van der Waals surface area contributed by atoms with Crippen LogP contribution >= 0.6 is 0 Å². The normalized spacial score (nSPS) is 14.8. The van der Waals surface area contributed by atoms with Gasteiger partial charge in [0.05, 0.1) is 19.3 Å². The number of cyclic esters (lactones) is 1. The minimum atomic E-state index is -2.97. The van der Waals surface area contributed by atoms with Gasteiger partial charge in [-0.15, -0.1) is 0 Å². The van der Waals surface area contributed by atoms with Crippen molar-refractivity contribution in [3.05, 3.63) is 59.3 Å². The molecule has 28 heavy (non-hydrogen) atoms. The zero-order valence-corrected chi connectivity index (χ0v) is 15.1. The number of ether oxygens (including phenoxy) is 4. The van der Waals surface area contributed by atoms with Crippen LogP contribution in [0.5, 0.6) is 17.2 Å². The van der Waals surface area contributed by atoms with E-state index in [0.29, 0.717) is 16.9 Å². The van der Waals surface area contributed by atoms with Crippen molar-refractivity contribution in [3.63, 3.8) is 0 Å². The summed E-state index contributed by atoms with van der Waals surface area (Å²) in [4.78, 5) is 16.4. The maximum absolute atomic E-state index is 12.5. The van der Waals surface area contributed by atoms with E-state index in [0.717, 1.165) is 0 Å². The summed E-state index contributed by atoms with van der Waals surface area (Å²) in [5.41, 5.74) is 1.12. The summed E-state index contributed by atoms with van der Waals surface area (Å²) in [6, 6.07) is 11.3. The molecule has 0 atom stereocenters. The van der Waals surface area contributed by atoms with Gasteiger partial charge in [0, 0.05) is 0 Å². The van der Waals surface area contributed by atoms with Crippen LogP contribution in [0.1, 0.15) is 18.1 Å². The molecule has 0 unspecified atom stereocenters. The Balaban J connectivity index is 1.93. The Morgan fingerprint density at radius 3 is 2.64 bits per heavy atom. The highest BCUT2D eigenvalue weighted by atomic mass is 19.3. The molecule has 0 N–H and O–H groups in total. The van der Waals surface area contributed by atoms with Crippen molar-refractivity contribution in [1.82, 2.24) is 0 Å². The summed E-state index contributed by atoms with van der Waals surface area (Å²) in [6.07, 6.45) is 1.47. The van der Waals surface area contributed by atoms with Crippen molar-refractivity contribution >= 4 is 17.9 Å². The number of aliphatic imine (C=N–C) groups is 1. The molecule has 2 aromatic rings. The van der Waals surface area contributed by atoms with Crippen molar-refractivity contribution in [2.75, 3.05) is 13.7 Å². The number of alkyl halides is 2. The molecule has 1 aliphatic rings. The van der Waals surface area contributed by atoms with Gasteiger partial charge in [0.25, 0.3) is 0 Å². The Kier molecular flexibility index (Phi) is 5.88. The van der Waals surface area contributed by atoms with Crippen molar-refractivity contribution in [2.24, 2.45) is 4.99 Å². The molecule has 3 rings (SSSR count). The number of benzene rings is 2. The molecular weight excluding hydrogens is 372 g/mol. The lowest BCUT2D eigenvalue weighted by atomic mass is 10.1. The number of para-hydroxylation sites is 1. The molecule has 0 amide bonds. The fraction of sp³-hybridized carbons (Fsp3) is 0.200. The lowest BCUT2D eigenvalue weighted by molar-refractivity contribution is -0.129. The summed E-state index contributed by atoms with van der Waals surface area (Å²) < 4.78 is 45.3. The fourth-order valence-corrected chi connectivity index (χ4v) is 2.58. The Hall–Kier alpha value is -3.42. The summed E-state index contributed by atoms with van der Waals surface area (Å²) in [7, 11) is 1.51. The Labute approximate surface area is 160 Å². The molecule has 0 spiro atoms. The molecule has 146 valence electrons. The van der Waals surface area contributed by atoms with E-state index in [4.69, 9.17) is 14.2 Å². The predicted molar refractivity (Wildman–Crippen MR) is 97.8 cm³/mol. The monoisotopic (exact) mass is 389 g/mol. The van der Waals surface area contributed by atoms with Gasteiger partial charge in [-0.05, 0) is 42.8 Å². The molecule has 0 aromatic heterocycles. The first kappa shape index (κ1) is 19.3. The van der Waals surface area contributed by atoms with Gasteiger partial charge in [-0.25, -0.2) is 9.79 Å². The van der Waals surface area contributed by atoms with E-state index in [-0.39, 0.29) is 29.7 Å². The van der Waals surface area contributed by atoms with Crippen LogP contribution in [0, 0.1) is 0 Å². The van der Waals surface area contributed by atoms with Crippen molar-refractivity contribution < 1.29 is 32.5 Å². The number of esters is 1. The lowest BCUT2D eigenvalue weighted by Gasteiger charge is -2.11. The number of methoxy groups -OCH3 is 1. The molecule has 0 aliphatic carbocycles. The van der Waals surface area contributed by atoms with Crippen LogP contribution in [0.3, 0.4) is 0 Å². The van der Waals surface area contributed by atoms with E-state index < -0.39 is 12.6 Å². The van der Waals surface area contributed by atoms with E-state index in [1.165, 1.54) is 31.4 Å². The van der Waals surface area contributed by atoms with Crippen LogP contribution in [0.15, 0.2) is 53.2 Å². The van der Waals surface area contributed by atoms with E-state index >= 15 is 0 Å². The standard InChI is InChI=1S/C20H17F2NO5/c1-3-26-17-11-12(8-9-16(17)27-20(21)22)10-14-19(24)28-18(23-14)13-6-4-5-7-15(13)25-2/h4-11,20H,3H2,1-2H3/b14-10-. The van der Waals surface area contributed by atoms with Gasteiger partial charge >= 0.3 is 12.6 Å². The molecule has 0 saturated heterocycles. The van der Waals surface area contributed by atoms with Crippen LogP contribution in [-0.2, 0) is 9.53 Å². The Bertz CT molecular complexity index is 940. The fourth-order valence-electron chi connectivity index (χ4n) is 2.58. The minimum Gasteiger partial charge on any atom is -0.496 e. The van der Waals surface area contributed by atoms with Gasteiger partial charge in [-0.2, -0.15) is 8.78 Å². The first-order valence-electron chi connectivity index (χ1n) is 8.39. The maximum atomic E-state index is 12.5. The van der Waals surface area contributed by atoms with E-state index in [1.54, 1.807) is 31.2 Å². The second-order valence-corrected chi connectivity index (χ2v) is 5.55. The topological polar surface area (TPSA) is 66.3 Å². The SMILES string of the molecule is CCOc1cc(/C=C2\N=C(c3ccccc3OC)OC2=O)ccc1OC(F)F. The molecule has 6 nitrogen and oxygen atoms in total. The van der Waals surface area contributed by atoms with Crippen molar-refractivity contribution in [2.45, 2.75) is 13.5 Å². The highest BCUT2D eigenvalue weighted by Gasteiger charge is 2.26. The van der Waals surface area contributed by atoms with Gasteiger partial charge < -0.3 is 18.9 Å². The first-order chi connectivity index (χ1) is 13.5. The van der Waals surface area contributed by atoms with Gasteiger partial charge in [0.15, 0.2) is 17.2 Å². The molecule has 1 heterocycles. The lowest BCUT2D eigenvalue weighted by Crippen LogP contribution is -2.07. The minimum absolute atomic E-state index is 0.0610. The van der Waals surface area contributed by atoms with E-state index in [2.05, 4.69) is 9.73 Å². The molecule has 0 fully saturated rings. The third-order valence-corrected chi connectivity index (χ3v) is 3.74. The maximum Gasteiger partial charge on any atom is 0.387 e. The van der Waals surface area contributed by atoms with Gasteiger partial charge in [0.2, 0.25) is 5.90 Å². The first-order valence-corrected chi connectivity index (χ1v) is 8.39. The third kappa shape index (κ3) is 4.28. The molecule has 0 radical (unpaired) electrons. The van der Waals surface area contributed by atoms with Crippen LogP contribution in [0.4, 0.5) is 8.78 Å². The summed E-state index contributed by atoms with van der Waals surface area (Å²) in [6.45, 7) is -0.992. The third-order valence-electron chi connectivity index (χ3n) is 3.74. The smallest absolute Gasteiger partial charge is 0.387 e. The summed E-state index contributed by atoms with van der Waals surface area (Å²) in [5.74, 6) is 0.0502. The quantitative estimate of drug-likeness (QED) is 0.528. The zero-order chi connectivity index (χ0) is 20.1. The van der Waals surface area contributed by atoms with Gasteiger partial charge in [-0.3, -0.25) is 0 Å². The highest BCUT2D eigenvalue weighted by molar-refractivity contribution is 6.13. The predicted octanol–water partition coefficient (Wildman–Crippen LogP) is 4.04. The molecule has 1 aliphatic heterocycles.